The van der Waals surface area contributed by atoms with E-state index in [1.54, 1.807) is 12.1 Å². The van der Waals surface area contributed by atoms with Gasteiger partial charge in [0, 0.05) is 0 Å². The Bertz CT molecular complexity index is 282. The van der Waals surface area contributed by atoms with Crippen LogP contribution in [-0.4, -0.2) is 33.1 Å². The number of rotatable bonds is 2. The molecule has 0 aliphatic rings. The number of benzene rings is 1. The number of hydrogen-bond donors (Lipinski definition) is 1. The normalized spacial score (nSPS) is 12.6. The Morgan fingerprint density at radius 1 is 1.25 bits per heavy atom. The van der Waals surface area contributed by atoms with Crippen molar-refractivity contribution in [2.75, 3.05) is 19.0 Å². The van der Waals surface area contributed by atoms with E-state index >= 15 is 0 Å². The van der Waals surface area contributed by atoms with E-state index < -0.39 is 14.9 Å². The molecule has 66 valence electrons. The van der Waals surface area contributed by atoms with Crippen molar-refractivity contribution in [2.45, 2.75) is 0 Å². The molecule has 1 unspecified atom stereocenters. The zero-order valence-electron chi connectivity index (χ0n) is 7.11. The van der Waals surface area contributed by atoms with Crippen LogP contribution in [0.2, 0.25) is 0 Å². The van der Waals surface area contributed by atoms with Crippen LogP contribution < -0.4 is 9.25 Å². The Morgan fingerprint density at radius 2 is 1.75 bits per heavy atom. The molecule has 0 saturated heterocycles. The van der Waals surface area contributed by atoms with Crippen LogP contribution in [-0.2, 0) is 3.74 Å². The Kier molecular flexibility index (Phi) is 3.01. The first-order valence-corrected chi connectivity index (χ1v) is 6.46. The van der Waals surface area contributed by atoms with Crippen LogP contribution in [0.1, 0.15) is 0 Å². The summed E-state index contributed by atoms with van der Waals surface area (Å²) in [7, 11) is 3.87. The van der Waals surface area contributed by atoms with Crippen molar-refractivity contribution in [3.63, 3.8) is 0 Å². The number of hydrogen-bond acceptors (Lipinski definition) is 2. The van der Waals surface area contributed by atoms with E-state index in [0.717, 1.165) is 5.69 Å². The van der Waals surface area contributed by atoms with E-state index in [1.165, 1.54) is 0 Å². The van der Waals surface area contributed by atoms with E-state index in [9.17, 15) is 3.74 Å². The van der Waals surface area contributed by atoms with Gasteiger partial charge in [0.2, 0.25) is 0 Å². The predicted octanol–water partition coefficient (Wildman–Crippen LogP) is -0.397. The van der Waals surface area contributed by atoms with Crippen LogP contribution in [0.4, 0.5) is 5.69 Å². The third-order valence-electron chi connectivity index (χ3n) is 1.63. The van der Waals surface area contributed by atoms with Gasteiger partial charge in [0.1, 0.15) is 0 Å². The molecule has 12 heavy (non-hydrogen) atoms. The molecule has 1 aromatic carbocycles. The zero-order chi connectivity index (χ0) is 9.14. The molecule has 0 saturated carbocycles. The molecule has 0 spiro atoms. The molecule has 1 rings (SSSR count). The molecule has 0 heterocycles. The average Bonchev–Trinajstić information content (AvgIpc) is 2.04. The predicted molar refractivity (Wildman–Crippen MR) is 50.5 cm³/mol. The summed E-state index contributed by atoms with van der Waals surface area (Å²) in [6, 6.07) is 7.10. The first kappa shape index (κ1) is 9.43. The Balaban J connectivity index is 2.93. The van der Waals surface area contributed by atoms with Crippen LogP contribution in [0.5, 0.6) is 0 Å². The first-order chi connectivity index (χ1) is 5.61. The molecule has 1 N–H and O–H groups in total. The standard InChI is InChI=1S/C8H12AsNO2/c1-10(2)8-5-3-7(4-6-8)9(11)12/h3-6,9H,1-2H3,(H,11,12). The Labute approximate surface area is 76.5 Å². The third-order valence-corrected chi connectivity index (χ3v) is 3.37. The van der Waals surface area contributed by atoms with Crippen molar-refractivity contribution in [1.29, 1.82) is 0 Å². The van der Waals surface area contributed by atoms with Crippen molar-refractivity contribution in [3.05, 3.63) is 24.3 Å². The number of nitrogens with zero attached hydrogens (tertiary/aromatic N) is 1. The van der Waals surface area contributed by atoms with Crippen LogP contribution in [0.25, 0.3) is 0 Å². The molecule has 0 fully saturated rings. The Hall–Kier alpha value is -0.662. The fraction of sp³-hybridized carbons (Fsp3) is 0.250. The van der Waals surface area contributed by atoms with Gasteiger partial charge in [0.05, 0.1) is 0 Å². The molecular weight excluding hydrogens is 217 g/mol. The first-order valence-electron chi connectivity index (χ1n) is 3.62. The monoisotopic (exact) mass is 229 g/mol. The average molecular weight is 229 g/mol. The molecular formula is C8H12AsNO2. The van der Waals surface area contributed by atoms with Gasteiger partial charge in [-0.2, -0.15) is 0 Å². The second kappa shape index (κ2) is 3.83. The van der Waals surface area contributed by atoms with Gasteiger partial charge >= 0.3 is 76.1 Å². The van der Waals surface area contributed by atoms with Gasteiger partial charge in [-0.3, -0.25) is 0 Å². The molecule has 0 aliphatic carbocycles. The summed E-state index contributed by atoms with van der Waals surface area (Å²) >= 11 is -3.09. The molecule has 3 nitrogen and oxygen atoms in total. The minimum atomic E-state index is -3.09. The SMILES string of the molecule is CN(C)c1ccc([AsH](=O)O)cc1. The molecule has 0 aromatic heterocycles. The van der Waals surface area contributed by atoms with Crippen molar-refractivity contribution in [1.82, 2.24) is 0 Å². The fourth-order valence-corrected chi connectivity index (χ4v) is 1.85. The van der Waals surface area contributed by atoms with Crippen molar-refractivity contribution in [3.8, 4) is 0 Å². The molecule has 1 aromatic rings. The summed E-state index contributed by atoms with van der Waals surface area (Å²) < 4.78 is 20.1. The van der Waals surface area contributed by atoms with Gasteiger partial charge in [-0.05, 0) is 0 Å². The molecule has 0 radical (unpaired) electrons. The van der Waals surface area contributed by atoms with Crippen LogP contribution in [0.15, 0.2) is 24.3 Å². The second-order valence-corrected chi connectivity index (χ2v) is 5.24. The maximum atomic E-state index is 10.7. The van der Waals surface area contributed by atoms with E-state index in [2.05, 4.69) is 0 Å². The molecule has 0 bridgehead atoms. The third kappa shape index (κ3) is 2.16. The number of anilines is 1. The van der Waals surface area contributed by atoms with Crippen molar-refractivity contribution >= 4 is 25.0 Å². The van der Waals surface area contributed by atoms with Crippen LogP contribution >= 0.6 is 0 Å². The Morgan fingerprint density at radius 3 is 2.08 bits per heavy atom. The minimum absolute atomic E-state index is 0.570. The van der Waals surface area contributed by atoms with Gasteiger partial charge in [0.25, 0.3) is 0 Å². The summed E-state index contributed by atoms with van der Waals surface area (Å²) in [6.45, 7) is 0. The van der Waals surface area contributed by atoms with Gasteiger partial charge < -0.3 is 0 Å². The summed E-state index contributed by atoms with van der Waals surface area (Å²) in [6.07, 6.45) is 0. The molecule has 0 amide bonds. The summed E-state index contributed by atoms with van der Waals surface area (Å²) in [5, 5.41) is 0. The fourth-order valence-electron chi connectivity index (χ4n) is 0.902. The quantitative estimate of drug-likeness (QED) is 0.702. The molecule has 4 heteroatoms. The zero-order valence-corrected chi connectivity index (χ0v) is 9.21. The molecule has 0 aliphatic heterocycles. The van der Waals surface area contributed by atoms with Gasteiger partial charge in [-0.15, -0.1) is 0 Å². The van der Waals surface area contributed by atoms with Crippen molar-refractivity contribution in [2.24, 2.45) is 0 Å². The van der Waals surface area contributed by atoms with Gasteiger partial charge in [-0.25, -0.2) is 0 Å². The maximum absolute atomic E-state index is 10.7. The van der Waals surface area contributed by atoms with E-state index in [1.807, 2.05) is 31.1 Å². The topological polar surface area (TPSA) is 40.5 Å². The van der Waals surface area contributed by atoms with E-state index in [-0.39, 0.29) is 0 Å². The van der Waals surface area contributed by atoms with Gasteiger partial charge in [-0.1, -0.05) is 0 Å². The van der Waals surface area contributed by atoms with Crippen LogP contribution in [0, 0.1) is 0 Å². The van der Waals surface area contributed by atoms with E-state index in [0.29, 0.717) is 4.35 Å². The van der Waals surface area contributed by atoms with Crippen LogP contribution in [0.3, 0.4) is 0 Å². The second-order valence-electron chi connectivity index (χ2n) is 2.75. The van der Waals surface area contributed by atoms with Gasteiger partial charge in [0.15, 0.2) is 0 Å². The summed E-state index contributed by atoms with van der Waals surface area (Å²) in [4.78, 5) is 1.95. The summed E-state index contributed by atoms with van der Waals surface area (Å²) in [5.74, 6) is 0. The van der Waals surface area contributed by atoms with E-state index in [4.69, 9.17) is 4.10 Å². The van der Waals surface area contributed by atoms with Crippen molar-refractivity contribution < 1.29 is 7.84 Å². The molecule has 1 atom stereocenters. The summed E-state index contributed by atoms with van der Waals surface area (Å²) in [5.41, 5.74) is 1.04.